The number of nitrogens with one attached hydrogen (secondary N) is 1. The summed E-state index contributed by atoms with van der Waals surface area (Å²) in [5.74, 6) is 0.960. The highest BCUT2D eigenvalue weighted by Crippen LogP contribution is 2.39. The number of carbonyl (C=O) groups is 3. The minimum atomic E-state index is -0.748. The van der Waals surface area contributed by atoms with Gasteiger partial charge in [-0.3, -0.25) is 19.3 Å². The smallest absolute Gasteiger partial charge is 0.243 e. The zero-order valence-corrected chi connectivity index (χ0v) is 17.3. The summed E-state index contributed by atoms with van der Waals surface area (Å²) in [6.45, 7) is 0.498. The summed E-state index contributed by atoms with van der Waals surface area (Å²) < 4.78 is 10.7. The predicted octanol–water partition coefficient (Wildman–Crippen LogP) is 2.33. The summed E-state index contributed by atoms with van der Waals surface area (Å²) in [5.41, 5.74) is 0.874. The van der Waals surface area contributed by atoms with Crippen LogP contribution in [0.15, 0.2) is 18.2 Å². The van der Waals surface area contributed by atoms with Crippen molar-refractivity contribution in [2.45, 2.75) is 44.7 Å². The summed E-state index contributed by atoms with van der Waals surface area (Å²) in [4.78, 5) is 40.2. The number of rotatable bonds is 7. The molecule has 1 saturated carbocycles. The molecule has 8 heteroatoms. The van der Waals surface area contributed by atoms with Crippen LogP contribution in [0.1, 0.15) is 37.7 Å². The highest BCUT2D eigenvalue weighted by atomic mass is 32.2. The Morgan fingerprint density at radius 1 is 1.17 bits per heavy atom. The van der Waals surface area contributed by atoms with Crippen LogP contribution in [0.4, 0.5) is 0 Å². The van der Waals surface area contributed by atoms with Gasteiger partial charge in [0.2, 0.25) is 24.5 Å². The Morgan fingerprint density at radius 3 is 2.55 bits per heavy atom. The number of fused-ring (bicyclic) bond motifs is 2. The molecule has 3 amide bonds. The van der Waals surface area contributed by atoms with Gasteiger partial charge < -0.3 is 14.8 Å². The van der Waals surface area contributed by atoms with Crippen molar-refractivity contribution in [2.24, 2.45) is 11.8 Å². The second-order valence-electron chi connectivity index (χ2n) is 7.75. The Morgan fingerprint density at radius 2 is 1.86 bits per heavy atom. The Hall–Kier alpha value is -2.22. The van der Waals surface area contributed by atoms with Crippen LogP contribution in [0.3, 0.4) is 0 Å². The topological polar surface area (TPSA) is 84.9 Å². The number of amides is 3. The Bertz CT molecular complexity index is 790. The molecule has 3 atom stereocenters. The molecule has 3 unspecified atom stereocenters. The van der Waals surface area contributed by atoms with Crippen molar-refractivity contribution in [3.05, 3.63) is 23.8 Å². The first-order valence-electron chi connectivity index (χ1n) is 10.1. The third-order valence-electron chi connectivity index (χ3n) is 5.99. The molecule has 3 aliphatic rings. The summed E-state index contributed by atoms with van der Waals surface area (Å²) in [5, 5.41) is 2.91. The number of benzene rings is 1. The lowest BCUT2D eigenvalue weighted by molar-refractivity contribution is -0.148. The molecule has 1 N–H and O–H groups in total. The molecule has 2 heterocycles. The van der Waals surface area contributed by atoms with Crippen molar-refractivity contribution in [2.75, 3.05) is 18.8 Å². The lowest BCUT2D eigenvalue weighted by Gasteiger charge is -2.26. The van der Waals surface area contributed by atoms with Crippen LogP contribution in [0, 0.1) is 11.8 Å². The average Bonchev–Trinajstić information content (AvgIpc) is 3.30. The quantitative estimate of drug-likeness (QED) is 0.684. The van der Waals surface area contributed by atoms with Crippen LogP contribution in [-0.2, 0) is 20.9 Å². The number of hydrogen-bond acceptors (Lipinski definition) is 6. The van der Waals surface area contributed by atoms with Crippen molar-refractivity contribution in [1.82, 2.24) is 10.2 Å². The Labute approximate surface area is 174 Å². The van der Waals surface area contributed by atoms with E-state index in [-0.39, 0.29) is 36.4 Å². The van der Waals surface area contributed by atoms with E-state index in [4.69, 9.17) is 9.47 Å². The fourth-order valence-corrected chi connectivity index (χ4v) is 4.92. The van der Waals surface area contributed by atoms with Crippen LogP contribution in [-0.4, -0.2) is 47.5 Å². The van der Waals surface area contributed by atoms with Crippen molar-refractivity contribution in [3.63, 3.8) is 0 Å². The van der Waals surface area contributed by atoms with Crippen molar-refractivity contribution >= 4 is 29.5 Å². The number of thioether (sulfide) groups is 1. The number of carbonyl (C=O) groups excluding carboxylic acids is 3. The van der Waals surface area contributed by atoms with Crippen LogP contribution >= 0.6 is 11.8 Å². The fourth-order valence-electron chi connectivity index (χ4n) is 4.46. The van der Waals surface area contributed by atoms with E-state index in [1.165, 1.54) is 4.90 Å². The third kappa shape index (κ3) is 3.95. The van der Waals surface area contributed by atoms with E-state index < -0.39 is 6.04 Å². The molecular formula is C21H26N2O5S. The molecule has 0 aromatic heterocycles. The molecule has 0 spiro atoms. The fraction of sp³-hybridized carbons (Fsp3) is 0.571. The van der Waals surface area contributed by atoms with E-state index in [0.29, 0.717) is 30.2 Å². The van der Waals surface area contributed by atoms with Crippen molar-refractivity contribution < 1.29 is 23.9 Å². The first-order chi connectivity index (χ1) is 14.1. The normalized spacial score (nSPS) is 23.8. The number of nitrogens with zero attached hydrogens (tertiary/aromatic N) is 1. The summed E-state index contributed by atoms with van der Waals surface area (Å²) >= 11 is 1.60. The summed E-state index contributed by atoms with van der Waals surface area (Å²) in [7, 11) is 0. The largest absolute Gasteiger partial charge is 0.454 e. The Balaban J connectivity index is 1.46. The van der Waals surface area contributed by atoms with Crippen LogP contribution < -0.4 is 14.8 Å². The average molecular weight is 419 g/mol. The van der Waals surface area contributed by atoms with Gasteiger partial charge in [0.15, 0.2) is 11.5 Å². The minimum absolute atomic E-state index is 0.163. The molecule has 0 bridgehead atoms. The highest BCUT2D eigenvalue weighted by molar-refractivity contribution is 7.98. The van der Waals surface area contributed by atoms with Gasteiger partial charge in [-0.1, -0.05) is 18.9 Å². The SMILES string of the molecule is CSCCC(C(=O)NCc1ccc2c(c1)OCO2)N1C(=O)C2CCCCC2C1=O. The van der Waals surface area contributed by atoms with Gasteiger partial charge in [0, 0.05) is 6.54 Å². The van der Waals surface area contributed by atoms with E-state index in [9.17, 15) is 14.4 Å². The highest BCUT2D eigenvalue weighted by Gasteiger charge is 2.51. The molecule has 156 valence electrons. The molecule has 1 aromatic carbocycles. The van der Waals surface area contributed by atoms with Gasteiger partial charge >= 0.3 is 0 Å². The molecule has 0 radical (unpaired) electrons. The van der Waals surface area contributed by atoms with E-state index >= 15 is 0 Å². The molecule has 2 fully saturated rings. The molecular weight excluding hydrogens is 392 g/mol. The van der Waals surface area contributed by atoms with Crippen LogP contribution in [0.2, 0.25) is 0 Å². The number of hydrogen-bond donors (Lipinski definition) is 1. The standard InChI is InChI=1S/C21H26N2O5S/c1-29-9-8-16(23-20(25)14-4-2-3-5-15(14)21(23)26)19(24)22-11-13-6-7-17-18(10-13)28-12-27-17/h6-7,10,14-16H,2-5,8-9,11-12H2,1H3,(H,22,24). The van der Waals surface area contributed by atoms with Gasteiger partial charge in [0.25, 0.3) is 0 Å². The van der Waals surface area contributed by atoms with Gasteiger partial charge in [0.1, 0.15) is 6.04 Å². The second-order valence-corrected chi connectivity index (χ2v) is 8.73. The zero-order valence-electron chi connectivity index (χ0n) is 16.5. The van der Waals surface area contributed by atoms with Crippen molar-refractivity contribution in [3.8, 4) is 11.5 Å². The lowest BCUT2D eigenvalue weighted by Crippen LogP contribution is -2.50. The molecule has 1 saturated heterocycles. The molecule has 2 aliphatic heterocycles. The van der Waals surface area contributed by atoms with Gasteiger partial charge in [-0.25, -0.2) is 0 Å². The maximum Gasteiger partial charge on any atom is 0.243 e. The van der Waals surface area contributed by atoms with Crippen LogP contribution in [0.5, 0.6) is 11.5 Å². The third-order valence-corrected chi connectivity index (χ3v) is 6.63. The molecule has 29 heavy (non-hydrogen) atoms. The molecule has 1 aromatic rings. The molecule has 1 aliphatic carbocycles. The van der Waals surface area contributed by atoms with Gasteiger partial charge in [0.05, 0.1) is 11.8 Å². The molecule has 4 rings (SSSR count). The Kier molecular flexibility index (Phi) is 5.99. The van der Waals surface area contributed by atoms with Gasteiger partial charge in [-0.05, 0) is 49.0 Å². The number of likely N-dealkylation sites (tertiary alicyclic amines) is 1. The van der Waals surface area contributed by atoms with E-state index in [2.05, 4.69) is 5.32 Å². The summed E-state index contributed by atoms with van der Waals surface area (Å²) in [6, 6.07) is 4.76. The number of imide groups is 1. The van der Waals surface area contributed by atoms with Crippen molar-refractivity contribution in [1.29, 1.82) is 0 Å². The lowest BCUT2D eigenvalue weighted by atomic mass is 9.81. The zero-order chi connectivity index (χ0) is 20.4. The molecule has 7 nitrogen and oxygen atoms in total. The van der Waals surface area contributed by atoms with Crippen LogP contribution in [0.25, 0.3) is 0 Å². The summed E-state index contributed by atoms with van der Waals surface area (Å²) in [6.07, 6.45) is 5.86. The predicted molar refractivity (Wildman–Crippen MR) is 108 cm³/mol. The first-order valence-corrected chi connectivity index (χ1v) is 11.5. The maximum atomic E-state index is 13.0. The monoisotopic (exact) mass is 418 g/mol. The van der Waals surface area contributed by atoms with E-state index in [1.54, 1.807) is 11.8 Å². The van der Waals surface area contributed by atoms with Gasteiger partial charge in [-0.15, -0.1) is 0 Å². The van der Waals surface area contributed by atoms with E-state index in [0.717, 1.165) is 31.2 Å². The second kappa shape index (κ2) is 8.65. The van der Waals surface area contributed by atoms with E-state index in [1.807, 2.05) is 24.5 Å². The van der Waals surface area contributed by atoms with Gasteiger partial charge in [-0.2, -0.15) is 11.8 Å². The minimum Gasteiger partial charge on any atom is -0.454 e. The first kappa shape index (κ1) is 20.1. The number of ether oxygens (including phenoxy) is 2. The maximum absolute atomic E-state index is 13.0.